The summed E-state index contributed by atoms with van der Waals surface area (Å²) in [6.45, 7) is 6.64. The number of aryl methyl sites for hydroxylation is 1. The van der Waals surface area contributed by atoms with Crippen molar-refractivity contribution in [2.24, 2.45) is 5.92 Å². The summed E-state index contributed by atoms with van der Waals surface area (Å²) in [5.74, 6) is -0.537. The molecule has 10 nitrogen and oxygen atoms in total. The summed E-state index contributed by atoms with van der Waals surface area (Å²) in [6.07, 6.45) is 2.38. The zero-order valence-electron chi connectivity index (χ0n) is 28.1. The van der Waals surface area contributed by atoms with Crippen molar-refractivity contribution in [3.8, 4) is 0 Å². The Kier molecular flexibility index (Phi) is 8.07. The molecule has 1 fully saturated rings. The van der Waals surface area contributed by atoms with Crippen LogP contribution in [0.15, 0.2) is 89.5 Å². The van der Waals surface area contributed by atoms with Crippen LogP contribution in [0, 0.1) is 5.92 Å². The molecule has 256 valence electrons. The average Bonchev–Trinajstić information content (AvgIpc) is 3.80. The quantitative estimate of drug-likeness (QED) is 0.166. The Bertz CT molecular complexity index is 2160. The highest BCUT2D eigenvalue weighted by Gasteiger charge is 2.66. The normalized spacial score (nSPS) is 22.8. The van der Waals surface area contributed by atoms with E-state index in [1.165, 1.54) is 0 Å². The first-order valence-corrected chi connectivity index (χ1v) is 20.8. The van der Waals surface area contributed by atoms with Gasteiger partial charge >= 0.3 is 0 Å². The molecule has 4 heterocycles. The fourth-order valence-corrected chi connectivity index (χ4v) is 11.5. The number of benzene rings is 4. The number of hydrogen-bond donors (Lipinski definition) is 2. The SMILES string of the molecule is C[C@@H]1[C@@H]([Si](C)(C)O)[C@H](CCn2cc(CCO)nn2)O[C@@]12C(=O)N(Cc1cccc(N3C(=O)c4cccc5cccc3c45)c1)c1ccc(Br)cc12. The topological polar surface area (TPSA) is 121 Å². The molecule has 12 heteroatoms. The van der Waals surface area contributed by atoms with Gasteiger partial charge in [0.25, 0.3) is 11.8 Å². The second-order valence-corrected chi connectivity index (χ2v) is 19.0. The summed E-state index contributed by atoms with van der Waals surface area (Å²) in [4.78, 5) is 43.9. The van der Waals surface area contributed by atoms with E-state index >= 15 is 0 Å². The molecule has 2 N–H and O–H groups in total. The number of aliphatic hydroxyl groups excluding tert-OH is 1. The standard InChI is InChI=1S/C38H38BrN5O5Si/c1-23-35(50(2,3)48)33(15-17-42-22-27(16-18-45)40-41-42)49-38(23)30-20-26(39)13-14-31(30)43(37(38)47)21-24-7-4-10-28(19-24)44-32-12-6-9-25-8-5-11-29(34(25)32)36(44)46/h4-14,19-20,22-23,33,35,45,48H,15-18,21H2,1-3H3/t23-,33+,35-,38+/m1/s1. The van der Waals surface area contributed by atoms with E-state index in [0.717, 1.165) is 43.4 Å². The van der Waals surface area contributed by atoms with Gasteiger partial charge in [-0.2, -0.15) is 0 Å². The van der Waals surface area contributed by atoms with Crippen molar-refractivity contribution in [3.63, 3.8) is 0 Å². The summed E-state index contributed by atoms with van der Waals surface area (Å²) in [7, 11) is -2.85. The third-order valence-corrected chi connectivity index (χ3v) is 13.6. The number of nitrogens with zero attached hydrogens (tertiary/aromatic N) is 5. The van der Waals surface area contributed by atoms with E-state index in [4.69, 9.17) is 4.74 Å². The Balaban J connectivity index is 1.12. The number of aliphatic hydroxyl groups is 1. The Morgan fingerprint density at radius 2 is 1.78 bits per heavy atom. The lowest BCUT2D eigenvalue weighted by Crippen LogP contribution is -2.46. The molecule has 50 heavy (non-hydrogen) atoms. The lowest BCUT2D eigenvalue weighted by atomic mass is 9.82. The van der Waals surface area contributed by atoms with Crippen molar-refractivity contribution < 1.29 is 24.2 Å². The third-order valence-electron chi connectivity index (χ3n) is 10.6. The first kappa shape index (κ1) is 33.0. The Labute approximate surface area is 299 Å². The molecule has 0 radical (unpaired) electrons. The first-order chi connectivity index (χ1) is 24.0. The number of amides is 2. The third kappa shape index (κ3) is 5.15. The number of halogens is 1. The van der Waals surface area contributed by atoms with E-state index in [2.05, 4.69) is 26.2 Å². The highest BCUT2D eigenvalue weighted by molar-refractivity contribution is 9.10. The fourth-order valence-electron chi connectivity index (χ4n) is 8.56. The van der Waals surface area contributed by atoms with Gasteiger partial charge < -0.3 is 19.5 Å². The number of ether oxygens (including phenoxy) is 1. The molecular weight excluding hydrogens is 714 g/mol. The number of anilines is 3. The zero-order chi connectivity index (χ0) is 34.9. The van der Waals surface area contributed by atoms with Crippen LogP contribution in [-0.4, -0.2) is 57.7 Å². The van der Waals surface area contributed by atoms with E-state index in [1.807, 2.05) is 105 Å². The van der Waals surface area contributed by atoms with Crippen LogP contribution in [0.5, 0.6) is 0 Å². The molecule has 1 aromatic heterocycles. The molecule has 1 saturated heterocycles. The van der Waals surface area contributed by atoms with Crippen LogP contribution in [0.2, 0.25) is 18.6 Å². The number of carbonyl (C=O) groups excluding carboxylic acids is 2. The zero-order valence-corrected chi connectivity index (χ0v) is 30.7. The Hall–Kier alpha value is -4.20. The van der Waals surface area contributed by atoms with Crippen molar-refractivity contribution in [2.75, 3.05) is 16.4 Å². The van der Waals surface area contributed by atoms with Crippen molar-refractivity contribution in [3.05, 3.63) is 112 Å². The molecule has 0 saturated carbocycles. The lowest BCUT2D eigenvalue weighted by molar-refractivity contribution is -0.146. The molecule has 5 aromatic rings. The lowest BCUT2D eigenvalue weighted by Gasteiger charge is -2.32. The van der Waals surface area contributed by atoms with E-state index in [-0.39, 0.29) is 36.4 Å². The molecule has 8 rings (SSSR count). The second kappa shape index (κ2) is 12.2. The molecule has 0 aliphatic carbocycles. The summed E-state index contributed by atoms with van der Waals surface area (Å²) in [6, 6.07) is 25.4. The summed E-state index contributed by atoms with van der Waals surface area (Å²) < 4.78 is 9.57. The van der Waals surface area contributed by atoms with Gasteiger partial charge in [-0.1, -0.05) is 64.5 Å². The molecule has 4 atom stereocenters. The smallest absolute Gasteiger partial charge is 0.264 e. The largest absolute Gasteiger partial charge is 0.432 e. The molecule has 3 aliphatic rings. The minimum atomic E-state index is -2.85. The van der Waals surface area contributed by atoms with Gasteiger partial charge in [0.15, 0.2) is 13.9 Å². The van der Waals surface area contributed by atoms with Crippen LogP contribution in [0.1, 0.15) is 40.5 Å². The molecule has 3 aliphatic heterocycles. The van der Waals surface area contributed by atoms with Gasteiger partial charge in [0.2, 0.25) is 0 Å². The molecule has 4 aromatic carbocycles. The minimum Gasteiger partial charge on any atom is -0.432 e. The summed E-state index contributed by atoms with van der Waals surface area (Å²) >= 11 is 3.65. The van der Waals surface area contributed by atoms with Crippen LogP contribution < -0.4 is 9.80 Å². The van der Waals surface area contributed by atoms with Gasteiger partial charge in [0.1, 0.15) is 0 Å². The predicted octanol–water partition coefficient (Wildman–Crippen LogP) is 6.46. The molecule has 1 spiro atoms. The maximum Gasteiger partial charge on any atom is 0.264 e. The minimum absolute atomic E-state index is 0.00409. The number of hydrogen-bond acceptors (Lipinski definition) is 7. The van der Waals surface area contributed by atoms with Crippen LogP contribution >= 0.6 is 15.9 Å². The van der Waals surface area contributed by atoms with Crippen molar-refractivity contribution in [2.45, 2.75) is 63.2 Å². The van der Waals surface area contributed by atoms with Gasteiger partial charge in [-0.3, -0.25) is 19.2 Å². The van der Waals surface area contributed by atoms with Gasteiger partial charge in [0.05, 0.1) is 35.3 Å². The second-order valence-electron chi connectivity index (χ2n) is 14.1. The van der Waals surface area contributed by atoms with Crippen LogP contribution in [0.4, 0.5) is 17.1 Å². The van der Waals surface area contributed by atoms with E-state index in [9.17, 15) is 19.5 Å². The Morgan fingerprint density at radius 3 is 2.56 bits per heavy atom. The van der Waals surface area contributed by atoms with Gasteiger partial charge in [-0.25, -0.2) is 0 Å². The molecule has 0 bridgehead atoms. The van der Waals surface area contributed by atoms with Crippen LogP contribution in [0.3, 0.4) is 0 Å². The van der Waals surface area contributed by atoms with Crippen molar-refractivity contribution in [1.82, 2.24) is 15.0 Å². The summed E-state index contributed by atoms with van der Waals surface area (Å²) in [5, 5.41) is 19.6. The first-order valence-electron chi connectivity index (χ1n) is 17.0. The number of aromatic nitrogens is 3. The average molecular weight is 753 g/mol. The maximum atomic E-state index is 15.0. The van der Waals surface area contributed by atoms with Gasteiger partial charge in [0, 0.05) is 58.3 Å². The summed E-state index contributed by atoms with van der Waals surface area (Å²) in [5.41, 5.74) is 3.89. The van der Waals surface area contributed by atoms with Gasteiger partial charge in [-0.05, 0) is 72.9 Å². The molecular formula is C38H38BrN5O5Si. The highest BCUT2D eigenvalue weighted by Crippen LogP contribution is 2.60. The predicted molar refractivity (Wildman–Crippen MR) is 197 cm³/mol. The van der Waals surface area contributed by atoms with Crippen LogP contribution in [-0.2, 0) is 34.6 Å². The highest BCUT2D eigenvalue weighted by atomic mass is 79.9. The van der Waals surface area contributed by atoms with E-state index in [0.29, 0.717) is 30.6 Å². The van der Waals surface area contributed by atoms with E-state index in [1.54, 1.807) is 14.5 Å². The molecule has 0 unspecified atom stereocenters. The monoisotopic (exact) mass is 751 g/mol. The van der Waals surface area contributed by atoms with Crippen LogP contribution in [0.25, 0.3) is 10.8 Å². The molecule has 2 amide bonds. The number of fused-ring (bicyclic) bond motifs is 2. The van der Waals surface area contributed by atoms with Gasteiger partial charge in [-0.15, -0.1) is 5.10 Å². The van der Waals surface area contributed by atoms with Crippen molar-refractivity contribution >= 4 is 63.9 Å². The number of rotatable bonds is 9. The van der Waals surface area contributed by atoms with Crippen molar-refractivity contribution in [1.29, 1.82) is 0 Å². The fraction of sp³-hybridized carbons (Fsp3) is 0.316. The van der Waals surface area contributed by atoms with E-state index < -0.39 is 20.0 Å². The Morgan fingerprint density at radius 1 is 1.00 bits per heavy atom. The maximum absolute atomic E-state index is 15.0. The number of carbonyl (C=O) groups is 2.